The van der Waals surface area contributed by atoms with Crippen molar-refractivity contribution in [2.24, 2.45) is 0 Å². The highest BCUT2D eigenvalue weighted by atomic mass is 79.9. The molecule has 24 heavy (non-hydrogen) atoms. The molecule has 1 heterocycles. The van der Waals surface area contributed by atoms with Crippen LogP contribution in [0, 0.1) is 0 Å². The quantitative estimate of drug-likeness (QED) is 0.543. The number of fused-ring (bicyclic) bond motifs is 3. The lowest BCUT2D eigenvalue weighted by atomic mass is 9.91. The van der Waals surface area contributed by atoms with Crippen molar-refractivity contribution in [3.05, 3.63) is 69.8 Å². The summed E-state index contributed by atoms with van der Waals surface area (Å²) >= 11 is 3.60. The third kappa shape index (κ3) is 3.26. The molecule has 0 saturated carbocycles. The maximum atomic E-state index is 3.82. The summed E-state index contributed by atoms with van der Waals surface area (Å²) in [4.78, 5) is 3.67. The van der Waals surface area contributed by atoms with E-state index in [1.165, 1.54) is 47.0 Å². The summed E-state index contributed by atoms with van der Waals surface area (Å²) in [7, 11) is 0. The molecule has 1 aromatic heterocycles. The van der Waals surface area contributed by atoms with Crippen LogP contribution in [-0.2, 0) is 6.42 Å². The van der Waals surface area contributed by atoms with Gasteiger partial charge in [0.05, 0.1) is 0 Å². The Morgan fingerprint density at radius 3 is 2.75 bits per heavy atom. The average molecular weight is 406 g/mol. The molecule has 4 heteroatoms. The lowest BCUT2D eigenvalue weighted by Crippen LogP contribution is -2.27. The zero-order valence-corrected chi connectivity index (χ0v) is 16.1. The molecule has 3 aromatic rings. The Bertz CT molecular complexity index is 828. The van der Waals surface area contributed by atoms with Crippen molar-refractivity contribution in [2.45, 2.75) is 38.3 Å². The molecule has 2 atom stereocenters. The van der Waals surface area contributed by atoms with Crippen molar-refractivity contribution >= 4 is 39.2 Å². The SMILES string of the molecule is C[C@H](N[C@@H]1CCCc2c1[nH]c1ccc(Br)cc21)c1ccccc1.Cl. The van der Waals surface area contributed by atoms with Crippen LogP contribution in [0.3, 0.4) is 0 Å². The van der Waals surface area contributed by atoms with Gasteiger partial charge in [-0.05, 0) is 55.5 Å². The summed E-state index contributed by atoms with van der Waals surface area (Å²) < 4.78 is 1.15. The molecule has 0 amide bonds. The van der Waals surface area contributed by atoms with Gasteiger partial charge < -0.3 is 10.3 Å². The number of hydrogen-bond acceptors (Lipinski definition) is 1. The van der Waals surface area contributed by atoms with E-state index in [2.05, 4.69) is 81.7 Å². The molecule has 0 bridgehead atoms. The maximum Gasteiger partial charge on any atom is 0.0480 e. The fourth-order valence-corrected chi connectivity index (χ4v) is 4.10. The predicted octanol–water partition coefficient (Wildman–Crippen LogP) is 6.08. The Morgan fingerprint density at radius 1 is 1.17 bits per heavy atom. The molecule has 2 N–H and O–H groups in total. The van der Waals surface area contributed by atoms with Crippen molar-refractivity contribution in [3.8, 4) is 0 Å². The summed E-state index contributed by atoms with van der Waals surface area (Å²) in [5, 5.41) is 5.19. The summed E-state index contributed by atoms with van der Waals surface area (Å²) in [6.07, 6.45) is 3.60. The van der Waals surface area contributed by atoms with E-state index in [-0.39, 0.29) is 12.4 Å². The van der Waals surface area contributed by atoms with Gasteiger partial charge in [-0.3, -0.25) is 0 Å². The normalized spacial score (nSPS) is 18.0. The molecule has 0 unspecified atom stereocenters. The van der Waals surface area contributed by atoms with Crippen LogP contribution in [0.2, 0.25) is 0 Å². The van der Waals surface area contributed by atoms with Gasteiger partial charge in [0.15, 0.2) is 0 Å². The van der Waals surface area contributed by atoms with Gasteiger partial charge in [-0.25, -0.2) is 0 Å². The van der Waals surface area contributed by atoms with Crippen molar-refractivity contribution < 1.29 is 0 Å². The first-order valence-corrected chi connectivity index (χ1v) is 9.12. The van der Waals surface area contributed by atoms with E-state index < -0.39 is 0 Å². The minimum absolute atomic E-state index is 0. The molecule has 0 aliphatic heterocycles. The monoisotopic (exact) mass is 404 g/mol. The van der Waals surface area contributed by atoms with Crippen LogP contribution in [0.25, 0.3) is 10.9 Å². The van der Waals surface area contributed by atoms with Gasteiger partial charge in [-0.2, -0.15) is 0 Å². The molecule has 2 aromatic carbocycles. The Kier molecular flexibility index (Phi) is 5.33. The number of H-pyrrole nitrogens is 1. The summed E-state index contributed by atoms with van der Waals surface area (Å²) in [6.45, 7) is 2.25. The van der Waals surface area contributed by atoms with Gasteiger partial charge in [0, 0.05) is 33.2 Å². The lowest BCUT2D eigenvalue weighted by molar-refractivity contribution is 0.410. The highest BCUT2D eigenvalue weighted by molar-refractivity contribution is 9.10. The maximum absolute atomic E-state index is 3.82. The number of rotatable bonds is 3. The van der Waals surface area contributed by atoms with Crippen LogP contribution in [-0.4, -0.2) is 4.98 Å². The number of nitrogens with one attached hydrogen (secondary N) is 2. The predicted molar refractivity (Wildman–Crippen MR) is 107 cm³/mol. The molecular formula is C20H22BrClN2. The second kappa shape index (κ2) is 7.30. The molecule has 0 saturated heterocycles. The number of halogens is 2. The van der Waals surface area contributed by atoms with E-state index in [0.29, 0.717) is 12.1 Å². The van der Waals surface area contributed by atoms with Crippen LogP contribution in [0.15, 0.2) is 53.0 Å². The van der Waals surface area contributed by atoms with Crippen molar-refractivity contribution in [3.63, 3.8) is 0 Å². The Hall–Kier alpha value is -1.29. The number of benzene rings is 2. The van der Waals surface area contributed by atoms with Crippen molar-refractivity contribution in [1.29, 1.82) is 0 Å². The molecule has 126 valence electrons. The van der Waals surface area contributed by atoms with Gasteiger partial charge in [-0.15, -0.1) is 12.4 Å². The van der Waals surface area contributed by atoms with Gasteiger partial charge in [0.1, 0.15) is 0 Å². The second-order valence-electron chi connectivity index (χ2n) is 6.45. The summed E-state index contributed by atoms with van der Waals surface area (Å²) in [5.41, 5.74) is 5.47. The first-order chi connectivity index (χ1) is 11.2. The van der Waals surface area contributed by atoms with Crippen LogP contribution >= 0.6 is 28.3 Å². The van der Waals surface area contributed by atoms with Crippen LogP contribution in [0.5, 0.6) is 0 Å². The standard InChI is InChI=1S/C20H21BrN2.ClH/c1-13(14-6-3-2-4-7-14)22-19-9-5-8-16-17-12-15(21)10-11-18(17)23-20(16)19;/h2-4,6-7,10-13,19,22-23H,5,8-9H2,1H3;1H/t13-,19+;/m0./s1. The minimum Gasteiger partial charge on any atom is -0.357 e. The molecule has 1 aliphatic rings. The van der Waals surface area contributed by atoms with Gasteiger partial charge in [0.25, 0.3) is 0 Å². The molecule has 4 rings (SSSR count). The molecule has 1 aliphatic carbocycles. The van der Waals surface area contributed by atoms with E-state index in [4.69, 9.17) is 0 Å². The van der Waals surface area contributed by atoms with Gasteiger partial charge >= 0.3 is 0 Å². The third-order valence-corrected chi connectivity index (χ3v) is 5.41. The largest absolute Gasteiger partial charge is 0.357 e. The van der Waals surface area contributed by atoms with Crippen molar-refractivity contribution in [1.82, 2.24) is 10.3 Å². The lowest BCUT2D eigenvalue weighted by Gasteiger charge is -2.27. The minimum atomic E-state index is 0. The van der Waals surface area contributed by atoms with E-state index in [1.54, 1.807) is 0 Å². The van der Waals surface area contributed by atoms with E-state index in [0.717, 1.165) is 4.47 Å². The second-order valence-corrected chi connectivity index (χ2v) is 7.37. The van der Waals surface area contributed by atoms with E-state index >= 15 is 0 Å². The molecule has 0 spiro atoms. The van der Waals surface area contributed by atoms with E-state index in [1.807, 2.05) is 0 Å². The molecular weight excluding hydrogens is 384 g/mol. The number of aromatic nitrogens is 1. The Morgan fingerprint density at radius 2 is 1.96 bits per heavy atom. The van der Waals surface area contributed by atoms with Crippen LogP contribution in [0.1, 0.15) is 48.7 Å². The molecule has 2 nitrogen and oxygen atoms in total. The number of hydrogen-bond donors (Lipinski definition) is 2. The summed E-state index contributed by atoms with van der Waals surface area (Å²) in [6, 6.07) is 18.0. The fourth-order valence-electron chi connectivity index (χ4n) is 3.74. The molecule has 0 radical (unpaired) electrons. The highest BCUT2D eigenvalue weighted by Gasteiger charge is 2.25. The fraction of sp³-hybridized carbons (Fsp3) is 0.300. The summed E-state index contributed by atoms with van der Waals surface area (Å²) in [5.74, 6) is 0. The Labute approximate surface area is 157 Å². The smallest absolute Gasteiger partial charge is 0.0480 e. The zero-order valence-electron chi connectivity index (χ0n) is 13.7. The first-order valence-electron chi connectivity index (χ1n) is 8.33. The highest BCUT2D eigenvalue weighted by Crippen LogP contribution is 2.36. The number of aryl methyl sites for hydroxylation is 1. The first kappa shape index (κ1) is 17.5. The van der Waals surface area contributed by atoms with E-state index in [9.17, 15) is 0 Å². The topological polar surface area (TPSA) is 27.8 Å². The zero-order chi connectivity index (χ0) is 15.8. The number of aromatic amines is 1. The van der Waals surface area contributed by atoms with Crippen molar-refractivity contribution in [2.75, 3.05) is 0 Å². The van der Waals surface area contributed by atoms with Crippen LogP contribution in [0.4, 0.5) is 0 Å². The van der Waals surface area contributed by atoms with Crippen LogP contribution < -0.4 is 5.32 Å². The van der Waals surface area contributed by atoms with Gasteiger partial charge in [0.2, 0.25) is 0 Å². The molecule has 0 fully saturated rings. The third-order valence-electron chi connectivity index (χ3n) is 4.92. The Balaban J connectivity index is 0.00000169. The average Bonchev–Trinajstić information content (AvgIpc) is 2.95. The van der Waals surface area contributed by atoms with Gasteiger partial charge in [-0.1, -0.05) is 46.3 Å².